The second-order valence-corrected chi connectivity index (χ2v) is 4.94. The molecule has 0 amide bonds. The smallest absolute Gasteiger partial charge is 0.133 e. The van der Waals surface area contributed by atoms with Crippen molar-refractivity contribution in [2.24, 2.45) is 10.9 Å². The van der Waals surface area contributed by atoms with Crippen LogP contribution >= 0.6 is 0 Å². The quantitative estimate of drug-likeness (QED) is 0.414. The summed E-state index contributed by atoms with van der Waals surface area (Å²) in [6.07, 6.45) is 3.54. The maximum absolute atomic E-state index is 5.46. The van der Waals surface area contributed by atoms with Crippen molar-refractivity contribution in [3.8, 4) is 5.75 Å². The monoisotopic (exact) mass is 326 g/mol. The van der Waals surface area contributed by atoms with E-state index in [2.05, 4.69) is 15.1 Å². The van der Waals surface area contributed by atoms with Gasteiger partial charge in [-0.15, -0.1) is 0 Å². The average Bonchev–Trinajstić information content (AvgIpc) is 3.02. The van der Waals surface area contributed by atoms with Crippen LogP contribution in [0.15, 0.2) is 53.9 Å². The van der Waals surface area contributed by atoms with Crippen LogP contribution in [-0.2, 0) is 4.84 Å². The molecule has 126 valence electrons. The molecule has 2 heterocycles. The van der Waals surface area contributed by atoms with Crippen molar-refractivity contribution < 1.29 is 9.57 Å². The lowest BCUT2D eigenvalue weighted by atomic mass is 10.1. The third-order valence-electron chi connectivity index (χ3n) is 3.41. The number of methoxy groups -OCH3 is 1. The van der Waals surface area contributed by atoms with E-state index in [1.807, 2.05) is 36.4 Å². The van der Waals surface area contributed by atoms with Gasteiger partial charge >= 0.3 is 0 Å². The minimum Gasteiger partial charge on any atom is -0.497 e. The van der Waals surface area contributed by atoms with Crippen LogP contribution in [0.4, 0.5) is 0 Å². The summed E-state index contributed by atoms with van der Waals surface area (Å²) in [4.78, 5) is 12.7. The summed E-state index contributed by atoms with van der Waals surface area (Å²) in [5, 5.41) is 5.31. The molecule has 0 saturated carbocycles. The summed E-state index contributed by atoms with van der Waals surface area (Å²) in [5.41, 5.74) is 8.89. The topological polar surface area (TPSA) is 85.5 Å². The van der Waals surface area contributed by atoms with Gasteiger partial charge < -0.3 is 20.3 Å². The van der Waals surface area contributed by atoms with E-state index in [1.54, 1.807) is 19.5 Å². The van der Waals surface area contributed by atoms with E-state index in [0.717, 1.165) is 27.9 Å². The normalized spacial score (nSPS) is 11.2. The van der Waals surface area contributed by atoms with E-state index in [-0.39, 0.29) is 7.43 Å². The number of aromatic nitrogens is 2. The SMILES string of the molecule is C.COc1ccc(/C(=N\OCCN)c2cc3ccncc3[nH]2)cc1. The Morgan fingerprint density at radius 3 is 2.71 bits per heavy atom. The van der Waals surface area contributed by atoms with Crippen molar-refractivity contribution in [2.75, 3.05) is 20.3 Å². The number of H-pyrrole nitrogens is 1. The molecule has 3 aromatic rings. The molecule has 6 heteroatoms. The van der Waals surface area contributed by atoms with Gasteiger partial charge in [-0.25, -0.2) is 0 Å². The van der Waals surface area contributed by atoms with Crippen molar-refractivity contribution in [2.45, 2.75) is 7.43 Å². The molecule has 1 aromatic carbocycles. The molecule has 3 N–H and O–H groups in total. The van der Waals surface area contributed by atoms with E-state index in [0.29, 0.717) is 18.9 Å². The van der Waals surface area contributed by atoms with E-state index >= 15 is 0 Å². The number of nitrogens with one attached hydrogen (secondary N) is 1. The first-order valence-electron chi connectivity index (χ1n) is 7.29. The van der Waals surface area contributed by atoms with E-state index in [9.17, 15) is 0 Å². The minimum absolute atomic E-state index is 0. The Bertz CT molecular complexity index is 776. The zero-order valence-corrected chi connectivity index (χ0v) is 12.8. The van der Waals surface area contributed by atoms with Crippen LogP contribution in [-0.4, -0.2) is 35.9 Å². The maximum Gasteiger partial charge on any atom is 0.133 e. The highest BCUT2D eigenvalue weighted by atomic mass is 16.6. The molecule has 0 fully saturated rings. The molecule has 0 atom stereocenters. The lowest BCUT2D eigenvalue weighted by Crippen LogP contribution is -2.09. The molecule has 6 nitrogen and oxygen atoms in total. The molecular formula is C18H22N4O2. The van der Waals surface area contributed by atoms with Gasteiger partial charge in [-0.3, -0.25) is 4.98 Å². The molecule has 0 aliphatic carbocycles. The predicted octanol–water partition coefficient (Wildman–Crippen LogP) is 2.94. The first-order chi connectivity index (χ1) is 11.3. The van der Waals surface area contributed by atoms with Crippen LogP contribution < -0.4 is 10.5 Å². The second kappa shape index (κ2) is 8.12. The Morgan fingerprint density at radius 2 is 2.04 bits per heavy atom. The fourth-order valence-electron chi connectivity index (χ4n) is 2.27. The van der Waals surface area contributed by atoms with Crippen LogP contribution in [0.5, 0.6) is 5.75 Å². The molecule has 0 spiro atoms. The number of nitrogens with zero attached hydrogens (tertiary/aromatic N) is 2. The van der Waals surface area contributed by atoms with Crippen LogP contribution in [0.3, 0.4) is 0 Å². The highest BCUT2D eigenvalue weighted by Gasteiger charge is 2.12. The number of hydrogen-bond acceptors (Lipinski definition) is 5. The van der Waals surface area contributed by atoms with Crippen molar-refractivity contribution in [1.29, 1.82) is 0 Å². The molecular weight excluding hydrogens is 304 g/mol. The van der Waals surface area contributed by atoms with Gasteiger partial charge in [0.1, 0.15) is 18.1 Å². The summed E-state index contributed by atoms with van der Waals surface area (Å²) in [6.45, 7) is 0.775. The fraction of sp³-hybridized carbons (Fsp3) is 0.222. The van der Waals surface area contributed by atoms with Gasteiger partial charge in [-0.05, 0) is 36.4 Å². The van der Waals surface area contributed by atoms with Crippen molar-refractivity contribution in [3.05, 3.63) is 60.0 Å². The molecule has 2 aromatic heterocycles. The lowest BCUT2D eigenvalue weighted by Gasteiger charge is -2.06. The molecule has 0 bridgehead atoms. The highest BCUT2D eigenvalue weighted by Crippen LogP contribution is 2.19. The molecule has 24 heavy (non-hydrogen) atoms. The van der Waals surface area contributed by atoms with Gasteiger partial charge in [-0.1, -0.05) is 12.6 Å². The Kier molecular flexibility index (Phi) is 5.92. The summed E-state index contributed by atoms with van der Waals surface area (Å²) >= 11 is 0. The third kappa shape index (κ3) is 3.72. The van der Waals surface area contributed by atoms with Gasteiger partial charge in [0, 0.05) is 23.7 Å². The number of ether oxygens (including phenoxy) is 1. The van der Waals surface area contributed by atoms with E-state index in [1.165, 1.54) is 0 Å². The molecule has 0 saturated heterocycles. The number of aromatic amines is 1. The number of hydrogen-bond donors (Lipinski definition) is 2. The van der Waals surface area contributed by atoms with Crippen molar-refractivity contribution >= 4 is 16.6 Å². The van der Waals surface area contributed by atoms with Gasteiger partial charge in [0.2, 0.25) is 0 Å². The van der Waals surface area contributed by atoms with Gasteiger partial charge in [-0.2, -0.15) is 0 Å². The molecule has 0 aliphatic rings. The van der Waals surface area contributed by atoms with Crippen LogP contribution in [0.25, 0.3) is 10.9 Å². The van der Waals surface area contributed by atoms with Crippen LogP contribution in [0.2, 0.25) is 0 Å². The van der Waals surface area contributed by atoms with Crippen molar-refractivity contribution in [1.82, 2.24) is 9.97 Å². The Hall–Kier alpha value is -2.86. The number of pyridine rings is 1. The second-order valence-electron chi connectivity index (χ2n) is 4.94. The first-order valence-corrected chi connectivity index (χ1v) is 7.29. The number of benzene rings is 1. The summed E-state index contributed by atoms with van der Waals surface area (Å²) in [6, 6.07) is 11.6. The first kappa shape index (κ1) is 17.5. The summed E-state index contributed by atoms with van der Waals surface area (Å²) in [7, 11) is 1.64. The van der Waals surface area contributed by atoms with Crippen molar-refractivity contribution in [3.63, 3.8) is 0 Å². The number of oxime groups is 1. The van der Waals surface area contributed by atoms with Gasteiger partial charge in [0.05, 0.1) is 24.5 Å². The van der Waals surface area contributed by atoms with Gasteiger partial charge in [0.25, 0.3) is 0 Å². The lowest BCUT2D eigenvalue weighted by molar-refractivity contribution is 0.152. The fourth-order valence-corrected chi connectivity index (χ4v) is 2.27. The Balaban J connectivity index is 0.00000208. The number of rotatable bonds is 6. The number of nitrogens with two attached hydrogens (primary N) is 1. The third-order valence-corrected chi connectivity index (χ3v) is 3.41. The average molecular weight is 326 g/mol. The zero-order valence-electron chi connectivity index (χ0n) is 12.8. The largest absolute Gasteiger partial charge is 0.497 e. The van der Waals surface area contributed by atoms with Crippen LogP contribution in [0, 0.1) is 0 Å². The zero-order chi connectivity index (χ0) is 16.1. The summed E-state index contributed by atoms with van der Waals surface area (Å²) in [5.74, 6) is 0.789. The van der Waals surface area contributed by atoms with Gasteiger partial charge in [0.15, 0.2) is 0 Å². The maximum atomic E-state index is 5.46. The summed E-state index contributed by atoms with van der Waals surface area (Å²) < 4.78 is 5.20. The molecule has 0 aliphatic heterocycles. The van der Waals surface area contributed by atoms with E-state index in [4.69, 9.17) is 15.3 Å². The molecule has 3 rings (SSSR count). The Morgan fingerprint density at radius 1 is 1.25 bits per heavy atom. The standard InChI is InChI=1S/C17H18N4O2.CH4/c1-22-14-4-2-12(3-5-14)17(21-23-9-7-18)15-10-13-6-8-19-11-16(13)20-15;/h2-6,8,10-11,20H,7,9,18H2,1H3;1H4/b21-17+;. The molecule has 0 unspecified atom stereocenters. The minimum atomic E-state index is 0. The Labute approximate surface area is 141 Å². The number of fused-ring (bicyclic) bond motifs is 1. The van der Waals surface area contributed by atoms with E-state index < -0.39 is 0 Å². The predicted molar refractivity (Wildman–Crippen MR) is 96.5 cm³/mol. The highest BCUT2D eigenvalue weighted by molar-refractivity contribution is 6.13. The molecule has 0 radical (unpaired) electrons. The van der Waals surface area contributed by atoms with Crippen LogP contribution in [0.1, 0.15) is 18.7 Å².